The van der Waals surface area contributed by atoms with Crippen molar-refractivity contribution in [2.24, 2.45) is 11.3 Å². The Labute approximate surface area is 183 Å². The Morgan fingerprint density at radius 1 is 1.19 bits per heavy atom. The lowest BCUT2D eigenvalue weighted by atomic mass is 9.87. The van der Waals surface area contributed by atoms with E-state index in [-0.39, 0.29) is 28.7 Å². The summed E-state index contributed by atoms with van der Waals surface area (Å²) in [4.78, 5) is 39.8. The van der Waals surface area contributed by atoms with Crippen LogP contribution in [-0.2, 0) is 14.3 Å². The van der Waals surface area contributed by atoms with Crippen LogP contribution in [-0.4, -0.2) is 62.0 Å². The molecule has 0 saturated carbocycles. The van der Waals surface area contributed by atoms with Crippen LogP contribution < -0.4 is 10.6 Å². The summed E-state index contributed by atoms with van der Waals surface area (Å²) in [7, 11) is 1.54. The van der Waals surface area contributed by atoms with Gasteiger partial charge in [0.05, 0.1) is 12.2 Å². The number of hydrogen-bond donors (Lipinski definition) is 2. The molecule has 172 valence electrons. The average molecular weight is 436 g/mol. The molecule has 0 bridgehead atoms. The van der Waals surface area contributed by atoms with Gasteiger partial charge in [0.1, 0.15) is 11.9 Å². The highest BCUT2D eigenvalue weighted by Crippen LogP contribution is 2.25. The van der Waals surface area contributed by atoms with Crippen molar-refractivity contribution in [2.75, 3.05) is 33.4 Å². The van der Waals surface area contributed by atoms with Crippen LogP contribution in [0.25, 0.3) is 0 Å². The van der Waals surface area contributed by atoms with Crippen molar-refractivity contribution in [3.63, 3.8) is 0 Å². The van der Waals surface area contributed by atoms with Crippen molar-refractivity contribution in [3.8, 4) is 0 Å². The van der Waals surface area contributed by atoms with Crippen LogP contribution in [0.1, 0.15) is 50.4 Å². The minimum atomic E-state index is -0.816. The Bertz CT molecular complexity index is 770. The monoisotopic (exact) mass is 435 g/mol. The van der Waals surface area contributed by atoms with E-state index in [2.05, 4.69) is 10.6 Å². The molecule has 1 aromatic rings. The molecule has 0 aliphatic carbocycles. The average Bonchev–Trinajstić information content (AvgIpc) is 2.71. The number of ether oxygens (including phenoxy) is 1. The molecule has 1 heterocycles. The summed E-state index contributed by atoms with van der Waals surface area (Å²) in [6, 6.07) is 4.86. The Balaban J connectivity index is 2.07. The second-order valence-electron chi connectivity index (χ2n) is 9.17. The summed E-state index contributed by atoms with van der Waals surface area (Å²) >= 11 is 0. The van der Waals surface area contributed by atoms with Crippen LogP contribution in [0.2, 0.25) is 0 Å². The van der Waals surface area contributed by atoms with Gasteiger partial charge in [-0.3, -0.25) is 14.4 Å². The lowest BCUT2D eigenvalue weighted by Gasteiger charge is -2.36. The van der Waals surface area contributed by atoms with E-state index in [1.165, 1.54) is 25.3 Å². The molecule has 1 unspecified atom stereocenters. The minimum absolute atomic E-state index is 0.0918. The summed E-state index contributed by atoms with van der Waals surface area (Å²) in [5, 5.41) is 5.48. The van der Waals surface area contributed by atoms with Crippen molar-refractivity contribution in [3.05, 3.63) is 35.6 Å². The maximum atomic E-state index is 14.0. The van der Waals surface area contributed by atoms with Gasteiger partial charge >= 0.3 is 0 Å². The Hall–Kier alpha value is -2.48. The largest absolute Gasteiger partial charge is 0.383 e. The van der Waals surface area contributed by atoms with Crippen LogP contribution in [0, 0.1) is 17.2 Å². The van der Waals surface area contributed by atoms with Gasteiger partial charge in [0.2, 0.25) is 11.8 Å². The van der Waals surface area contributed by atoms with Crippen molar-refractivity contribution in [2.45, 2.75) is 46.1 Å². The molecule has 1 aliphatic heterocycles. The van der Waals surface area contributed by atoms with Crippen molar-refractivity contribution < 1.29 is 23.5 Å². The van der Waals surface area contributed by atoms with E-state index in [0.717, 1.165) is 0 Å². The Morgan fingerprint density at radius 2 is 1.84 bits per heavy atom. The predicted octanol–water partition coefficient (Wildman–Crippen LogP) is 2.36. The van der Waals surface area contributed by atoms with E-state index in [1.54, 1.807) is 6.07 Å². The smallest absolute Gasteiger partial charge is 0.254 e. The molecule has 0 spiro atoms. The van der Waals surface area contributed by atoms with E-state index < -0.39 is 17.8 Å². The molecule has 2 rings (SSSR count). The van der Waals surface area contributed by atoms with Crippen molar-refractivity contribution in [1.82, 2.24) is 15.5 Å². The molecule has 2 N–H and O–H groups in total. The second-order valence-corrected chi connectivity index (χ2v) is 9.17. The number of piperidine rings is 1. The highest BCUT2D eigenvalue weighted by atomic mass is 19.1. The van der Waals surface area contributed by atoms with Gasteiger partial charge in [-0.2, -0.15) is 0 Å². The van der Waals surface area contributed by atoms with Gasteiger partial charge in [0.25, 0.3) is 5.91 Å². The van der Waals surface area contributed by atoms with Crippen LogP contribution in [0.4, 0.5) is 4.39 Å². The van der Waals surface area contributed by atoms with Gasteiger partial charge in [0.15, 0.2) is 0 Å². The fourth-order valence-electron chi connectivity index (χ4n) is 3.70. The standard InChI is InChI=1S/C23H34FN3O4/c1-23(2,3)15-19(28)27-12-9-16(10-13-27)20(22(30)25-11-14-31-4)26-21(29)17-7-5-6-8-18(17)24/h5-8,16,20H,9-15H2,1-4H3,(H,25,30)(H,26,29). The maximum Gasteiger partial charge on any atom is 0.254 e. The first kappa shape index (κ1) is 24.8. The summed E-state index contributed by atoms with van der Waals surface area (Å²) in [5.41, 5.74) is -0.194. The van der Waals surface area contributed by atoms with Crippen molar-refractivity contribution >= 4 is 17.7 Å². The van der Waals surface area contributed by atoms with E-state index in [1.807, 2.05) is 25.7 Å². The molecule has 0 aromatic heterocycles. The van der Waals surface area contributed by atoms with Gasteiger partial charge < -0.3 is 20.3 Å². The number of halogens is 1. The Morgan fingerprint density at radius 3 is 2.42 bits per heavy atom. The van der Waals surface area contributed by atoms with E-state index in [0.29, 0.717) is 45.5 Å². The third kappa shape index (κ3) is 7.61. The number of rotatable bonds is 8. The second kappa shape index (κ2) is 11.2. The van der Waals surface area contributed by atoms with Crippen LogP contribution in [0.15, 0.2) is 24.3 Å². The highest BCUT2D eigenvalue weighted by molar-refractivity contribution is 5.97. The minimum Gasteiger partial charge on any atom is -0.383 e. The fraction of sp³-hybridized carbons (Fsp3) is 0.609. The van der Waals surface area contributed by atoms with Crippen LogP contribution >= 0.6 is 0 Å². The van der Waals surface area contributed by atoms with Gasteiger partial charge in [-0.05, 0) is 36.3 Å². The molecular formula is C23H34FN3O4. The third-order valence-corrected chi connectivity index (χ3v) is 5.34. The number of benzene rings is 1. The zero-order valence-electron chi connectivity index (χ0n) is 18.9. The number of carbonyl (C=O) groups excluding carboxylic acids is 3. The van der Waals surface area contributed by atoms with Gasteiger partial charge in [-0.1, -0.05) is 32.9 Å². The first-order valence-corrected chi connectivity index (χ1v) is 10.7. The molecule has 1 aromatic carbocycles. The van der Waals surface area contributed by atoms with Crippen molar-refractivity contribution in [1.29, 1.82) is 0 Å². The normalized spacial score (nSPS) is 16.0. The first-order valence-electron chi connectivity index (χ1n) is 10.7. The van der Waals surface area contributed by atoms with Crippen LogP contribution in [0.3, 0.4) is 0 Å². The molecule has 1 atom stereocenters. The zero-order chi connectivity index (χ0) is 23.0. The molecule has 1 fully saturated rings. The molecule has 1 aliphatic rings. The summed E-state index contributed by atoms with van der Waals surface area (Å²) in [5.74, 6) is -1.65. The summed E-state index contributed by atoms with van der Waals surface area (Å²) in [6.07, 6.45) is 1.62. The van der Waals surface area contributed by atoms with E-state index in [4.69, 9.17) is 4.74 Å². The molecule has 8 heteroatoms. The lowest BCUT2D eigenvalue weighted by molar-refractivity contribution is -0.134. The summed E-state index contributed by atoms with van der Waals surface area (Å²) < 4.78 is 19.0. The zero-order valence-corrected chi connectivity index (χ0v) is 18.9. The number of likely N-dealkylation sites (tertiary alicyclic amines) is 1. The predicted molar refractivity (Wildman–Crippen MR) is 116 cm³/mol. The number of amides is 3. The van der Waals surface area contributed by atoms with Gasteiger partial charge in [0, 0.05) is 33.2 Å². The SMILES string of the molecule is COCCNC(=O)C(NC(=O)c1ccccc1F)C1CCN(C(=O)CC(C)(C)C)CC1. The highest BCUT2D eigenvalue weighted by Gasteiger charge is 2.34. The molecule has 3 amide bonds. The third-order valence-electron chi connectivity index (χ3n) is 5.34. The van der Waals surface area contributed by atoms with E-state index in [9.17, 15) is 18.8 Å². The molecular weight excluding hydrogens is 401 g/mol. The topological polar surface area (TPSA) is 87.7 Å². The van der Waals surface area contributed by atoms with Gasteiger partial charge in [-0.25, -0.2) is 4.39 Å². The van der Waals surface area contributed by atoms with Gasteiger partial charge in [-0.15, -0.1) is 0 Å². The number of nitrogens with one attached hydrogen (secondary N) is 2. The molecule has 1 saturated heterocycles. The van der Waals surface area contributed by atoms with Crippen LogP contribution in [0.5, 0.6) is 0 Å². The quantitative estimate of drug-likeness (QED) is 0.614. The maximum absolute atomic E-state index is 14.0. The summed E-state index contributed by atoms with van der Waals surface area (Å²) in [6.45, 7) is 7.78. The lowest BCUT2D eigenvalue weighted by Crippen LogP contribution is -2.54. The number of hydrogen-bond acceptors (Lipinski definition) is 4. The Kier molecular flexibility index (Phi) is 8.98. The molecule has 0 radical (unpaired) electrons. The number of methoxy groups -OCH3 is 1. The van der Waals surface area contributed by atoms with E-state index >= 15 is 0 Å². The fourth-order valence-corrected chi connectivity index (χ4v) is 3.70. The number of nitrogens with zero attached hydrogens (tertiary/aromatic N) is 1. The first-order chi connectivity index (χ1) is 14.6. The number of carbonyl (C=O) groups is 3. The molecule has 31 heavy (non-hydrogen) atoms. The molecule has 7 nitrogen and oxygen atoms in total.